The number of nitro benzene ring substituents is 1. The van der Waals surface area contributed by atoms with Crippen LogP contribution < -0.4 is 14.9 Å². The van der Waals surface area contributed by atoms with Gasteiger partial charge in [0.25, 0.3) is 5.91 Å². The van der Waals surface area contributed by atoms with Crippen molar-refractivity contribution in [2.75, 3.05) is 6.61 Å². The first-order valence-electron chi connectivity index (χ1n) is 9.60. The normalized spacial score (nSPS) is 10.6. The number of halogens is 1. The van der Waals surface area contributed by atoms with Gasteiger partial charge in [0.2, 0.25) is 0 Å². The molecule has 10 heteroatoms. The maximum absolute atomic E-state index is 12.3. The summed E-state index contributed by atoms with van der Waals surface area (Å²) in [6.07, 6.45) is 1.35. The summed E-state index contributed by atoms with van der Waals surface area (Å²) in [4.78, 5) is 34.7. The van der Waals surface area contributed by atoms with Gasteiger partial charge in [-0.2, -0.15) is 5.10 Å². The number of hydrogen-bond acceptors (Lipinski definition) is 7. The van der Waals surface area contributed by atoms with Crippen LogP contribution in [0.5, 0.6) is 11.5 Å². The fraction of sp³-hybridized carbons (Fsp3) is 0.0870. The summed E-state index contributed by atoms with van der Waals surface area (Å²) in [5.41, 5.74) is 3.52. The van der Waals surface area contributed by atoms with Gasteiger partial charge in [0.15, 0.2) is 12.4 Å². The van der Waals surface area contributed by atoms with Crippen LogP contribution in [0, 0.1) is 17.0 Å². The van der Waals surface area contributed by atoms with Crippen LogP contribution in [-0.2, 0) is 4.79 Å². The van der Waals surface area contributed by atoms with Gasteiger partial charge in [-0.05, 0) is 48.4 Å². The Labute approximate surface area is 193 Å². The van der Waals surface area contributed by atoms with E-state index in [1.807, 2.05) is 0 Å². The average Bonchev–Trinajstić information content (AvgIpc) is 2.78. The fourth-order valence-corrected chi connectivity index (χ4v) is 2.91. The highest BCUT2D eigenvalue weighted by molar-refractivity contribution is 6.33. The van der Waals surface area contributed by atoms with Crippen molar-refractivity contribution in [3.05, 3.63) is 98.6 Å². The summed E-state index contributed by atoms with van der Waals surface area (Å²) in [6.45, 7) is 1.25. The zero-order valence-electron chi connectivity index (χ0n) is 17.4. The Kier molecular flexibility index (Phi) is 7.72. The first-order chi connectivity index (χ1) is 15.8. The fourth-order valence-electron chi connectivity index (χ4n) is 2.69. The van der Waals surface area contributed by atoms with Gasteiger partial charge in [-0.25, -0.2) is 10.2 Å². The number of ether oxygens (including phenoxy) is 2. The Balaban J connectivity index is 1.55. The van der Waals surface area contributed by atoms with Crippen LogP contribution >= 0.6 is 11.6 Å². The molecule has 3 aromatic carbocycles. The molecule has 0 aliphatic heterocycles. The molecule has 0 atom stereocenters. The van der Waals surface area contributed by atoms with Crippen LogP contribution in [0.2, 0.25) is 5.02 Å². The third kappa shape index (κ3) is 6.62. The molecule has 0 fully saturated rings. The van der Waals surface area contributed by atoms with Crippen molar-refractivity contribution in [2.45, 2.75) is 6.92 Å². The second kappa shape index (κ2) is 10.9. The third-order valence-electron chi connectivity index (χ3n) is 4.24. The lowest BCUT2D eigenvalue weighted by molar-refractivity contribution is -0.385. The van der Waals surface area contributed by atoms with Crippen LogP contribution in [0.15, 0.2) is 71.8 Å². The molecule has 3 aromatic rings. The van der Waals surface area contributed by atoms with Gasteiger partial charge in [-0.3, -0.25) is 14.9 Å². The molecular weight excluding hydrogens is 450 g/mol. The molecule has 0 saturated carbocycles. The van der Waals surface area contributed by atoms with E-state index in [-0.39, 0.29) is 27.8 Å². The largest absolute Gasteiger partial charge is 0.477 e. The smallest absolute Gasteiger partial charge is 0.345 e. The average molecular weight is 468 g/mol. The van der Waals surface area contributed by atoms with E-state index >= 15 is 0 Å². The SMILES string of the molecule is Cc1ccc(OCC(=O)NN=Cc2cccc(OC(=O)c3ccccc3Cl)c2)c([N+](=O)[O-])c1. The zero-order valence-corrected chi connectivity index (χ0v) is 18.1. The second-order valence-corrected chi connectivity index (χ2v) is 7.16. The number of aryl methyl sites for hydroxylation is 1. The Morgan fingerprint density at radius 1 is 1.12 bits per heavy atom. The monoisotopic (exact) mass is 467 g/mol. The van der Waals surface area contributed by atoms with Gasteiger partial charge in [0, 0.05) is 6.07 Å². The van der Waals surface area contributed by atoms with E-state index < -0.39 is 23.4 Å². The minimum Gasteiger partial charge on any atom is -0.477 e. The molecule has 0 aliphatic carbocycles. The minimum atomic E-state index is -0.609. The second-order valence-electron chi connectivity index (χ2n) is 6.75. The highest BCUT2D eigenvalue weighted by Crippen LogP contribution is 2.27. The van der Waals surface area contributed by atoms with Gasteiger partial charge in [0.05, 0.1) is 21.7 Å². The minimum absolute atomic E-state index is 0.0160. The number of rotatable bonds is 8. The van der Waals surface area contributed by atoms with Gasteiger partial charge in [-0.15, -0.1) is 0 Å². The number of nitrogens with one attached hydrogen (secondary N) is 1. The lowest BCUT2D eigenvalue weighted by Crippen LogP contribution is -2.24. The highest BCUT2D eigenvalue weighted by Gasteiger charge is 2.16. The molecule has 0 unspecified atom stereocenters. The molecule has 0 spiro atoms. The van der Waals surface area contributed by atoms with Gasteiger partial charge < -0.3 is 9.47 Å². The Morgan fingerprint density at radius 3 is 2.67 bits per heavy atom. The molecule has 0 bridgehead atoms. The molecule has 3 rings (SSSR count). The molecule has 33 heavy (non-hydrogen) atoms. The number of benzene rings is 3. The molecule has 1 N–H and O–H groups in total. The Hall–Kier alpha value is -4.24. The topological polar surface area (TPSA) is 120 Å². The summed E-state index contributed by atoms with van der Waals surface area (Å²) in [5, 5.41) is 15.2. The molecule has 168 valence electrons. The van der Waals surface area contributed by atoms with E-state index in [1.54, 1.807) is 61.5 Å². The van der Waals surface area contributed by atoms with Crippen molar-refractivity contribution in [3.63, 3.8) is 0 Å². The third-order valence-corrected chi connectivity index (χ3v) is 4.56. The summed E-state index contributed by atoms with van der Waals surface area (Å²) >= 11 is 6.00. The van der Waals surface area contributed by atoms with E-state index in [4.69, 9.17) is 21.1 Å². The Morgan fingerprint density at radius 2 is 1.91 bits per heavy atom. The first kappa shape index (κ1) is 23.4. The van der Waals surface area contributed by atoms with Crippen molar-refractivity contribution in [1.82, 2.24) is 5.43 Å². The molecule has 0 saturated heterocycles. The quantitative estimate of drug-likeness (QED) is 0.173. The molecule has 0 aliphatic rings. The van der Waals surface area contributed by atoms with Crippen molar-refractivity contribution >= 4 is 35.4 Å². The van der Waals surface area contributed by atoms with E-state index in [0.717, 1.165) is 0 Å². The van der Waals surface area contributed by atoms with Crippen LogP contribution in [0.4, 0.5) is 5.69 Å². The van der Waals surface area contributed by atoms with Crippen LogP contribution in [0.3, 0.4) is 0 Å². The highest BCUT2D eigenvalue weighted by atomic mass is 35.5. The summed E-state index contributed by atoms with van der Waals surface area (Å²) in [7, 11) is 0. The van der Waals surface area contributed by atoms with Crippen LogP contribution in [0.1, 0.15) is 21.5 Å². The summed E-state index contributed by atoms with van der Waals surface area (Å²) < 4.78 is 10.6. The molecule has 1 amide bonds. The van der Waals surface area contributed by atoms with Gasteiger partial charge in [-0.1, -0.05) is 41.9 Å². The van der Waals surface area contributed by atoms with E-state index in [1.165, 1.54) is 18.3 Å². The number of amides is 1. The number of nitrogens with zero attached hydrogens (tertiary/aromatic N) is 2. The molecule has 0 radical (unpaired) electrons. The maximum atomic E-state index is 12.3. The predicted molar refractivity (Wildman–Crippen MR) is 122 cm³/mol. The van der Waals surface area contributed by atoms with E-state index in [9.17, 15) is 19.7 Å². The molecule has 0 aromatic heterocycles. The zero-order chi connectivity index (χ0) is 23.8. The van der Waals surface area contributed by atoms with Crippen molar-refractivity contribution in [2.24, 2.45) is 5.10 Å². The van der Waals surface area contributed by atoms with Crippen molar-refractivity contribution < 1.29 is 24.0 Å². The number of carbonyl (C=O) groups is 2. The number of hydrazone groups is 1. The van der Waals surface area contributed by atoms with E-state index in [0.29, 0.717) is 11.1 Å². The maximum Gasteiger partial charge on any atom is 0.345 e. The standard InChI is InChI=1S/C23H18ClN3O6/c1-15-9-10-21(20(11-15)27(30)31)32-14-22(28)26-25-13-16-5-4-6-17(12-16)33-23(29)18-7-2-3-8-19(18)24/h2-13H,14H2,1H3,(H,26,28). The molecule has 9 nitrogen and oxygen atoms in total. The number of nitro groups is 1. The van der Waals surface area contributed by atoms with Crippen LogP contribution in [-0.4, -0.2) is 29.6 Å². The van der Waals surface area contributed by atoms with E-state index in [2.05, 4.69) is 10.5 Å². The number of hydrogen-bond donors (Lipinski definition) is 1. The lowest BCUT2D eigenvalue weighted by Gasteiger charge is -2.07. The van der Waals surface area contributed by atoms with Gasteiger partial charge >= 0.3 is 11.7 Å². The van der Waals surface area contributed by atoms with Gasteiger partial charge in [0.1, 0.15) is 5.75 Å². The predicted octanol–water partition coefficient (Wildman–Crippen LogP) is 4.30. The number of esters is 1. The van der Waals surface area contributed by atoms with Crippen molar-refractivity contribution in [1.29, 1.82) is 0 Å². The summed E-state index contributed by atoms with van der Waals surface area (Å²) in [5.74, 6) is -0.962. The Bertz CT molecular complexity index is 1230. The molecular formula is C23H18ClN3O6. The number of carbonyl (C=O) groups excluding carboxylic acids is 2. The molecule has 0 heterocycles. The van der Waals surface area contributed by atoms with Crippen LogP contribution in [0.25, 0.3) is 0 Å². The lowest BCUT2D eigenvalue weighted by atomic mass is 10.2. The summed E-state index contributed by atoms with van der Waals surface area (Å²) in [6, 6.07) is 17.4. The van der Waals surface area contributed by atoms with Crippen molar-refractivity contribution in [3.8, 4) is 11.5 Å². The first-order valence-corrected chi connectivity index (χ1v) is 9.98.